The van der Waals surface area contributed by atoms with Gasteiger partial charge < -0.3 is 10.1 Å². The molecule has 0 bridgehead atoms. The molecule has 0 aromatic heterocycles. The van der Waals surface area contributed by atoms with Crippen LogP contribution in [0.1, 0.15) is 18.4 Å². The number of likely N-dealkylation sites (N-methyl/N-ethyl adjacent to an activating group) is 1. The van der Waals surface area contributed by atoms with E-state index in [0.717, 1.165) is 45.6 Å². The van der Waals surface area contributed by atoms with Crippen LogP contribution in [0.15, 0.2) is 30.3 Å². The van der Waals surface area contributed by atoms with Gasteiger partial charge in [0.1, 0.15) is 0 Å². The molecule has 0 aliphatic carbocycles. The second-order valence-electron chi connectivity index (χ2n) is 5.04. The van der Waals surface area contributed by atoms with Gasteiger partial charge in [-0.1, -0.05) is 30.3 Å². The fourth-order valence-electron chi connectivity index (χ4n) is 2.31. The van der Waals surface area contributed by atoms with Gasteiger partial charge in [0, 0.05) is 13.1 Å². The van der Waals surface area contributed by atoms with Crippen molar-refractivity contribution in [2.24, 2.45) is 0 Å². The molecule has 0 saturated carbocycles. The molecule has 1 aromatic carbocycles. The first-order valence-corrected chi connectivity index (χ1v) is 6.89. The summed E-state index contributed by atoms with van der Waals surface area (Å²) in [6.45, 7) is 5.04. The molecule has 0 spiro atoms. The number of ether oxygens (including phenoxy) is 1. The molecule has 1 aliphatic heterocycles. The molecule has 0 unspecified atom stereocenters. The highest BCUT2D eigenvalue weighted by molar-refractivity contribution is 5.14. The Morgan fingerprint density at radius 2 is 1.94 bits per heavy atom. The van der Waals surface area contributed by atoms with Crippen LogP contribution >= 0.6 is 0 Å². The maximum absolute atomic E-state index is 5.91. The van der Waals surface area contributed by atoms with Crippen molar-refractivity contribution in [3.8, 4) is 0 Å². The summed E-state index contributed by atoms with van der Waals surface area (Å²) in [6.07, 6.45) is 2.78. The van der Waals surface area contributed by atoms with Crippen LogP contribution in [-0.2, 0) is 11.3 Å². The minimum Gasteiger partial charge on any atom is -0.377 e. The van der Waals surface area contributed by atoms with Crippen molar-refractivity contribution in [3.05, 3.63) is 35.9 Å². The van der Waals surface area contributed by atoms with E-state index in [2.05, 4.69) is 47.6 Å². The van der Waals surface area contributed by atoms with Crippen LogP contribution in [0, 0.1) is 0 Å². The van der Waals surface area contributed by atoms with Gasteiger partial charge in [0.2, 0.25) is 0 Å². The molecule has 1 aromatic rings. The average molecular weight is 248 g/mol. The van der Waals surface area contributed by atoms with Gasteiger partial charge in [-0.2, -0.15) is 0 Å². The molecule has 1 N–H and O–H groups in total. The van der Waals surface area contributed by atoms with Gasteiger partial charge in [0.25, 0.3) is 0 Å². The zero-order valence-corrected chi connectivity index (χ0v) is 11.3. The van der Waals surface area contributed by atoms with E-state index in [-0.39, 0.29) is 0 Å². The molecule has 0 atom stereocenters. The zero-order valence-electron chi connectivity index (χ0n) is 11.3. The van der Waals surface area contributed by atoms with Gasteiger partial charge in [-0.15, -0.1) is 0 Å². The van der Waals surface area contributed by atoms with Crippen LogP contribution in [-0.4, -0.2) is 44.3 Å². The Kier molecular flexibility index (Phi) is 5.65. The maximum Gasteiger partial charge on any atom is 0.0600 e. The van der Waals surface area contributed by atoms with Crippen molar-refractivity contribution in [1.29, 1.82) is 0 Å². The van der Waals surface area contributed by atoms with Crippen molar-refractivity contribution in [3.63, 3.8) is 0 Å². The van der Waals surface area contributed by atoms with E-state index in [9.17, 15) is 0 Å². The summed E-state index contributed by atoms with van der Waals surface area (Å²) in [5.74, 6) is 0. The number of nitrogens with one attached hydrogen (secondary N) is 1. The van der Waals surface area contributed by atoms with E-state index in [4.69, 9.17) is 4.74 Å². The number of rotatable bonds is 6. The van der Waals surface area contributed by atoms with Crippen LogP contribution in [0.4, 0.5) is 0 Å². The van der Waals surface area contributed by atoms with Gasteiger partial charge in [0.05, 0.1) is 12.7 Å². The molecule has 1 fully saturated rings. The highest BCUT2D eigenvalue weighted by Gasteiger charge is 2.12. The minimum absolute atomic E-state index is 0.469. The van der Waals surface area contributed by atoms with Crippen molar-refractivity contribution in [2.75, 3.05) is 33.3 Å². The maximum atomic E-state index is 5.91. The smallest absolute Gasteiger partial charge is 0.0600 e. The lowest BCUT2D eigenvalue weighted by Gasteiger charge is -2.24. The fraction of sp³-hybridized carbons (Fsp3) is 0.600. The molecule has 3 nitrogen and oxygen atoms in total. The van der Waals surface area contributed by atoms with Gasteiger partial charge in [-0.25, -0.2) is 0 Å². The van der Waals surface area contributed by atoms with Gasteiger partial charge in [-0.05, 0) is 38.5 Å². The second-order valence-corrected chi connectivity index (χ2v) is 5.04. The summed E-state index contributed by atoms with van der Waals surface area (Å²) in [7, 11) is 2.15. The molecule has 0 amide bonds. The molecule has 1 aliphatic rings. The van der Waals surface area contributed by atoms with E-state index in [1.165, 1.54) is 5.56 Å². The molecule has 2 rings (SSSR count). The summed E-state index contributed by atoms with van der Waals surface area (Å²) in [5.41, 5.74) is 1.36. The highest BCUT2D eigenvalue weighted by Crippen LogP contribution is 2.07. The summed E-state index contributed by atoms with van der Waals surface area (Å²) < 4.78 is 5.91. The van der Waals surface area contributed by atoms with E-state index in [1.54, 1.807) is 0 Å². The molecule has 3 heteroatoms. The van der Waals surface area contributed by atoms with Crippen LogP contribution < -0.4 is 5.32 Å². The third-order valence-corrected chi connectivity index (χ3v) is 3.41. The summed E-state index contributed by atoms with van der Waals surface area (Å²) >= 11 is 0. The number of hydrogen-bond acceptors (Lipinski definition) is 3. The lowest BCUT2D eigenvalue weighted by Crippen LogP contribution is -2.34. The summed E-state index contributed by atoms with van der Waals surface area (Å²) in [4.78, 5) is 2.32. The Bertz CT molecular complexity index is 323. The van der Waals surface area contributed by atoms with Crippen molar-refractivity contribution < 1.29 is 4.74 Å². The monoisotopic (exact) mass is 248 g/mol. The van der Waals surface area contributed by atoms with Gasteiger partial charge in [0.15, 0.2) is 0 Å². The predicted molar refractivity (Wildman–Crippen MR) is 74.6 cm³/mol. The number of nitrogens with zero attached hydrogens (tertiary/aromatic N) is 1. The SMILES string of the molecule is CN(CCOC1CCNCC1)Cc1ccccc1. The summed E-state index contributed by atoms with van der Waals surface area (Å²) in [6, 6.07) is 10.6. The van der Waals surface area contributed by atoms with E-state index in [0.29, 0.717) is 6.10 Å². The lowest BCUT2D eigenvalue weighted by molar-refractivity contribution is 0.0224. The molecular formula is C15H24N2O. The molecule has 1 saturated heterocycles. The fourth-order valence-corrected chi connectivity index (χ4v) is 2.31. The minimum atomic E-state index is 0.469. The first kappa shape index (κ1) is 13.5. The van der Waals surface area contributed by atoms with Crippen molar-refractivity contribution in [2.45, 2.75) is 25.5 Å². The number of benzene rings is 1. The van der Waals surface area contributed by atoms with Crippen molar-refractivity contribution >= 4 is 0 Å². The quantitative estimate of drug-likeness (QED) is 0.832. The normalized spacial score (nSPS) is 17.2. The molecule has 1 heterocycles. The highest BCUT2D eigenvalue weighted by atomic mass is 16.5. The standard InChI is InChI=1S/C15H24N2O/c1-17(13-14-5-3-2-4-6-14)11-12-18-15-7-9-16-10-8-15/h2-6,15-16H,7-13H2,1H3. The molecule has 100 valence electrons. The van der Waals surface area contributed by atoms with Crippen LogP contribution in [0.3, 0.4) is 0 Å². The molecule has 18 heavy (non-hydrogen) atoms. The van der Waals surface area contributed by atoms with Crippen molar-refractivity contribution in [1.82, 2.24) is 10.2 Å². The van der Waals surface area contributed by atoms with Crippen LogP contribution in [0.2, 0.25) is 0 Å². The number of hydrogen-bond donors (Lipinski definition) is 1. The molecular weight excluding hydrogens is 224 g/mol. The zero-order chi connectivity index (χ0) is 12.6. The lowest BCUT2D eigenvalue weighted by atomic mass is 10.1. The average Bonchev–Trinajstić information content (AvgIpc) is 2.41. The summed E-state index contributed by atoms with van der Waals surface area (Å²) in [5, 5.41) is 3.36. The number of piperidine rings is 1. The Morgan fingerprint density at radius 3 is 2.67 bits per heavy atom. The topological polar surface area (TPSA) is 24.5 Å². The predicted octanol–water partition coefficient (Wildman–Crippen LogP) is 1.89. The van der Waals surface area contributed by atoms with Crippen LogP contribution in [0.5, 0.6) is 0 Å². The van der Waals surface area contributed by atoms with E-state index >= 15 is 0 Å². The van der Waals surface area contributed by atoms with Gasteiger partial charge >= 0.3 is 0 Å². The third kappa shape index (κ3) is 4.77. The Labute approximate surface area is 110 Å². The Balaban J connectivity index is 1.61. The van der Waals surface area contributed by atoms with Gasteiger partial charge in [-0.3, -0.25) is 4.90 Å². The van der Waals surface area contributed by atoms with E-state index in [1.807, 2.05) is 0 Å². The third-order valence-electron chi connectivity index (χ3n) is 3.41. The second kappa shape index (κ2) is 7.52. The largest absolute Gasteiger partial charge is 0.377 e. The first-order valence-electron chi connectivity index (χ1n) is 6.89. The first-order chi connectivity index (χ1) is 8.84. The van der Waals surface area contributed by atoms with Crippen LogP contribution in [0.25, 0.3) is 0 Å². The molecule has 0 radical (unpaired) electrons. The Morgan fingerprint density at radius 1 is 1.22 bits per heavy atom. The Hall–Kier alpha value is -0.900. The van der Waals surface area contributed by atoms with E-state index < -0.39 is 0 Å².